The Labute approximate surface area is 166 Å². The number of halogens is 1. The Morgan fingerprint density at radius 1 is 0.893 bits per heavy atom. The fourth-order valence-electron chi connectivity index (χ4n) is 2.39. The third-order valence-corrected chi connectivity index (χ3v) is 4.04. The summed E-state index contributed by atoms with van der Waals surface area (Å²) in [7, 11) is 0. The molecule has 0 atom stereocenters. The van der Waals surface area contributed by atoms with Gasteiger partial charge in [0.15, 0.2) is 6.61 Å². The minimum atomic E-state index is -0.350. The zero-order chi connectivity index (χ0) is 19.9. The largest absolute Gasteiger partial charge is 0.508 e. The van der Waals surface area contributed by atoms with E-state index >= 15 is 0 Å². The highest BCUT2D eigenvalue weighted by Crippen LogP contribution is 2.23. The minimum absolute atomic E-state index is 0.0647. The number of aromatic hydroxyl groups is 1. The van der Waals surface area contributed by atoms with Crippen LogP contribution in [-0.2, 0) is 4.79 Å². The van der Waals surface area contributed by atoms with Crippen LogP contribution in [0.25, 0.3) is 0 Å². The van der Waals surface area contributed by atoms with Gasteiger partial charge in [-0.05, 0) is 48.5 Å². The maximum Gasteiger partial charge on any atom is 0.262 e. The van der Waals surface area contributed by atoms with Gasteiger partial charge in [-0.25, -0.2) is 0 Å². The van der Waals surface area contributed by atoms with E-state index in [1.807, 2.05) is 0 Å². The van der Waals surface area contributed by atoms with E-state index in [1.165, 1.54) is 12.1 Å². The summed E-state index contributed by atoms with van der Waals surface area (Å²) in [5, 5.41) is 15.2. The molecule has 0 radical (unpaired) electrons. The highest BCUT2D eigenvalue weighted by molar-refractivity contribution is 6.32. The first-order chi connectivity index (χ1) is 13.5. The molecule has 0 saturated heterocycles. The second kappa shape index (κ2) is 8.92. The first kappa shape index (κ1) is 19.3. The Bertz CT molecular complexity index is 990. The van der Waals surface area contributed by atoms with Crippen LogP contribution in [0.15, 0.2) is 72.8 Å². The number of rotatable bonds is 6. The summed E-state index contributed by atoms with van der Waals surface area (Å²) in [4.78, 5) is 24.2. The van der Waals surface area contributed by atoms with Gasteiger partial charge in [-0.3, -0.25) is 9.59 Å². The number of anilines is 2. The van der Waals surface area contributed by atoms with Crippen LogP contribution in [0.2, 0.25) is 5.02 Å². The van der Waals surface area contributed by atoms with Gasteiger partial charge in [-0.1, -0.05) is 29.8 Å². The van der Waals surface area contributed by atoms with Crippen molar-refractivity contribution in [1.29, 1.82) is 0 Å². The second-order valence-corrected chi connectivity index (χ2v) is 6.26. The van der Waals surface area contributed by atoms with Gasteiger partial charge in [0, 0.05) is 23.0 Å². The average molecular weight is 397 g/mol. The van der Waals surface area contributed by atoms with Crippen molar-refractivity contribution in [3.8, 4) is 11.5 Å². The molecule has 142 valence electrons. The van der Waals surface area contributed by atoms with E-state index in [-0.39, 0.29) is 24.2 Å². The highest BCUT2D eigenvalue weighted by atomic mass is 35.5. The number of nitrogens with one attached hydrogen (secondary N) is 2. The van der Waals surface area contributed by atoms with Gasteiger partial charge in [0.1, 0.15) is 11.5 Å². The first-order valence-corrected chi connectivity index (χ1v) is 8.77. The fraction of sp³-hybridized carbons (Fsp3) is 0.0476. The number of hydrogen-bond donors (Lipinski definition) is 3. The average Bonchev–Trinajstić information content (AvgIpc) is 2.68. The third-order valence-electron chi connectivity index (χ3n) is 3.73. The van der Waals surface area contributed by atoms with Crippen LogP contribution in [0.3, 0.4) is 0 Å². The molecule has 28 heavy (non-hydrogen) atoms. The van der Waals surface area contributed by atoms with E-state index in [2.05, 4.69) is 10.6 Å². The van der Waals surface area contributed by atoms with Crippen molar-refractivity contribution in [2.24, 2.45) is 0 Å². The molecule has 3 aromatic rings. The summed E-state index contributed by atoms with van der Waals surface area (Å²) in [5.74, 6) is -0.185. The van der Waals surface area contributed by atoms with E-state index in [0.717, 1.165) is 0 Å². The van der Waals surface area contributed by atoms with Gasteiger partial charge in [-0.15, -0.1) is 0 Å². The summed E-state index contributed by atoms with van der Waals surface area (Å²) in [6, 6.07) is 19.6. The summed E-state index contributed by atoms with van der Waals surface area (Å²) in [6.45, 7) is -0.191. The van der Waals surface area contributed by atoms with Crippen LogP contribution < -0.4 is 15.4 Å². The lowest BCUT2D eigenvalue weighted by Gasteiger charge is -2.09. The van der Waals surface area contributed by atoms with Crippen LogP contribution in [0.5, 0.6) is 11.5 Å². The molecule has 2 amide bonds. The number of para-hydroxylation sites is 1. The summed E-state index contributed by atoms with van der Waals surface area (Å²) < 4.78 is 5.38. The molecule has 0 spiro atoms. The number of carbonyl (C=O) groups is 2. The van der Waals surface area contributed by atoms with Crippen molar-refractivity contribution >= 4 is 34.8 Å². The Morgan fingerprint density at radius 3 is 2.36 bits per heavy atom. The molecule has 7 heteroatoms. The number of hydrogen-bond acceptors (Lipinski definition) is 4. The molecule has 0 bridgehead atoms. The monoisotopic (exact) mass is 396 g/mol. The molecule has 3 aromatic carbocycles. The van der Waals surface area contributed by atoms with Crippen LogP contribution >= 0.6 is 11.6 Å². The van der Waals surface area contributed by atoms with Crippen LogP contribution in [0, 0.1) is 0 Å². The Balaban J connectivity index is 1.54. The standard InChI is InChI=1S/C21H17ClN2O4/c22-18-6-1-2-7-19(18)28-13-20(26)23-15-10-8-14(9-11-15)21(27)24-16-4-3-5-17(25)12-16/h1-12,25H,13H2,(H,23,26)(H,24,27). The molecular weight excluding hydrogens is 380 g/mol. The molecule has 0 aliphatic carbocycles. The third kappa shape index (κ3) is 5.25. The van der Waals surface area contributed by atoms with Gasteiger partial charge in [-0.2, -0.15) is 0 Å². The Morgan fingerprint density at radius 2 is 1.64 bits per heavy atom. The summed E-state index contributed by atoms with van der Waals surface area (Å²) in [5.41, 5.74) is 1.43. The highest BCUT2D eigenvalue weighted by Gasteiger charge is 2.09. The second-order valence-electron chi connectivity index (χ2n) is 5.85. The van der Waals surface area contributed by atoms with Gasteiger partial charge in [0.25, 0.3) is 11.8 Å². The molecule has 6 nitrogen and oxygen atoms in total. The molecule has 0 saturated carbocycles. The Kier molecular flexibility index (Phi) is 6.14. The zero-order valence-electron chi connectivity index (χ0n) is 14.7. The summed E-state index contributed by atoms with van der Waals surface area (Å²) in [6.07, 6.45) is 0. The lowest BCUT2D eigenvalue weighted by atomic mass is 10.2. The predicted molar refractivity (Wildman–Crippen MR) is 108 cm³/mol. The van der Waals surface area contributed by atoms with Crippen LogP contribution in [0.1, 0.15) is 10.4 Å². The van der Waals surface area contributed by atoms with Gasteiger partial charge in [0.05, 0.1) is 5.02 Å². The molecule has 0 aromatic heterocycles. The number of amides is 2. The molecule has 0 aliphatic rings. The van der Waals surface area contributed by atoms with Gasteiger partial charge < -0.3 is 20.5 Å². The number of phenolic OH excluding ortho intramolecular Hbond substituents is 1. The van der Waals surface area contributed by atoms with E-state index in [0.29, 0.717) is 27.7 Å². The number of carbonyl (C=O) groups excluding carboxylic acids is 2. The quantitative estimate of drug-likeness (QED) is 0.579. The van der Waals surface area contributed by atoms with Crippen molar-refractivity contribution in [3.05, 3.63) is 83.4 Å². The first-order valence-electron chi connectivity index (χ1n) is 8.39. The van der Waals surface area contributed by atoms with Crippen molar-refractivity contribution in [1.82, 2.24) is 0 Å². The zero-order valence-corrected chi connectivity index (χ0v) is 15.4. The summed E-state index contributed by atoms with van der Waals surface area (Å²) >= 11 is 5.97. The van der Waals surface area contributed by atoms with Crippen LogP contribution in [0.4, 0.5) is 11.4 Å². The van der Waals surface area contributed by atoms with Crippen molar-refractivity contribution in [2.75, 3.05) is 17.2 Å². The topological polar surface area (TPSA) is 87.7 Å². The van der Waals surface area contributed by atoms with Crippen molar-refractivity contribution < 1.29 is 19.4 Å². The smallest absolute Gasteiger partial charge is 0.262 e. The number of ether oxygens (including phenoxy) is 1. The molecule has 0 heterocycles. The fourth-order valence-corrected chi connectivity index (χ4v) is 2.58. The molecule has 0 fully saturated rings. The van der Waals surface area contributed by atoms with Crippen molar-refractivity contribution in [2.45, 2.75) is 0 Å². The number of phenols is 1. The van der Waals surface area contributed by atoms with Crippen LogP contribution in [-0.4, -0.2) is 23.5 Å². The lowest BCUT2D eigenvalue weighted by molar-refractivity contribution is -0.118. The molecule has 3 rings (SSSR count). The van der Waals surface area contributed by atoms with Gasteiger partial charge >= 0.3 is 0 Å². The number of benzene rings is 3. The Hall–Kier alpha value is -3.51. The van der Waals surface area contributed by atoms with E-state index in [4.69, 9.17) is 16.3 Å². The van der Waals surface area contributed by atoms with Gasteiger partial charge in [0.2, 0.25) is 0 Å². The minimum Gasteiger partial charge on any atom is -0.508 e. The SMILES string of the molecule is O=C(COc1ccccc1Cl)Nc1ccc(C(=O)Nc2cccc(O)c2)cc1. The molecular formula is C21H17ClN2O4. The lowest BCUT2D eigenvalue weighted by Crippen LogP contribution is -2.20. The molecule has 0 unspecified atom stereocenters. The maximum absolute atomic E-state index is 12.2. The molecule has 3 N–H and O–H groups in total. The van der Waals surface area contributed by atoms with E-state index < -0.39 is 0 Å². The maximum atomic E-state index is 12.2. The van der Waals surface area contributed by atoms with Crippen molar-refractivity contribution in [3.63, 3.8) is 0 Å². The van der Waals surface area contributed by atoms with E-state index in [1.54, 1.807) is 60.7 Å². The molecule has 0 aliphatic heterocycles. The normalized spacial score (nSPS) is 10.2. The van der Waals surface area contributed by atoms with E-state index in [9.17, 15) is 14.7 Å². The predicted octanol–water partition coefficient (Wildman–Crippen LogP) is 4.32.